The molecule has 0 aliphatic heterocycles. The van der Waals surface area contributed by atoms with Crippen LogP contribution in [0.4, 0.5) is 34.1 Å². The number of anilines is 6. The molecule has 0 saturated carbocycles. The van der Waals surface area contributed by atoms with Gasteiger partial charge in [-0.05, 0) is 117 Å². The van der Waals surface area contributed by atoms with E-state index in [0.29, 0.717) is 0 Å². The normalized spacial score (nSPS) is 11.7. The molecule has 0 aliphatic carbocycles. The Bertz CT molecular complexity index is 3080. The van der Waals surface area contributed by atoms with Gasteiger partial charge >= 0.3 is 0 Å². The van der Waals surface area contributed by atoms with E-state index in [1.54, 1.807) is 0 Å². The molecule has 0 N–H and O–H groups in total. The number of benzene rings is 9. The first-order valence-corrected chi connectivity index (χ1v) is 23.6. The Morgan fingerprint density at radius 1 is 0.265 bits per heavy atom. The summed E-state index contributed by atoms with van der Waals surface area (Å²) in [6.07, 6.45) is 0. The van der Waals surface area contributed by atoms with Crippen molar-refractivity contribution in [2.75, 3.05) is 9.80 Å². The predicted molar refractivity (Wildman–Crippen MR) is 288 cm³/mol. The van der Waals surface area contributed by atoms with Gasteiger partial charge in [0.1, 0.15) is 0 Å². The molecule has 0 atom stereocenters. The minimum absolute atomic E-state index is 0.0238. The van der Waals surface area contributed by atoms with E-state index in [4.69, 9.17) is 9.97 Å². The molecule has 9 aromatic carbocycles. The van der Waals surface area contributed by atoms with E-state index in [9.17, 15) is 0 Å². The predicted octanol–water partition coefficient (Wildman–Crippen LogP) is 17.8. The van der Waals surface area contributed by atoms with E-state index in [2.05, 4.69) is 258 Å². The topological polar surface area (TPSA) is 32.3 Å². The van der Waals surface area contributed by atoms with Crippen molar-refractivity contribution < 1.29 is 0 Å². The van der Waals surface area contributed by atoms with Crippen LogP contribution in [0.3, 0.4) is 0 Å². The molecule has 0 bridgehead atoms. The van der Waals surface area contributed by atoms with Gasteiger partial charge in [0, 0.05) is 45.3 Å². The summed E-state index contributed by atoms with van der Waals surface area (Å²) >= 11 is 0. The van der Waals surface area contributed by atoms with Gasteiger partial charge in [-0.1, -0.05) is 199 Å². The monoisotopic (exact) mass is 880 g/mol. The molecule has 4 nitrogen and oxygen atoms in total. The van der Waals surface area contributed by atoms with Crippen LogP contribution in [0.2, 0.25) is 0 Å². The van der Waals surface area contributed by atoms with Crippen LogP contribution in [-0.2, 0) is 10.8 Å². The van der Waals surface area contributed by atoms with Gasteiger partial charge in [0.25, 0.3) is 0 Å². The maximum atomic E-state index is 5.24. The van der Waals surface area contributed by atoms with Crippen LogP contribution in [0.25, 0.3) is 55.8 Å². The van der Waals surface area contributed by atoms with Gasteiger partial charge in [-0.15, -0.1) is 0 Å². The van der Waals surface area contributed by atoms with Gasteiger partial charge in [0.05, 0.1) is 22.4 Å². The molecule has 0 radical (unpaired) electrons. The van der Waals surface area contributed by atoms with Crippen molar-refractivity contribution in [1.29, 1.82) is 0 Å². The highest BCUT2D eigenvalue weighted by atomic mass is 15.2. The first kappa shape index (κ1) is 43.8. The Balaban J connectivity index is 0.943. The van der Waals surface area contributed by atoms with Crippen molar-refractivity contribution >= 4 is 45.2 Å². The van der Waals surface area contributed by atoms with E-state index in [0.717, 1.165) is 78.6 Å². The number of rotatable bonds is 10. The first-order chi connectivity index (χ1) is 33.0. The van der Waals surface area contributed by atoms with Gasteiger partial charge in [-0.2, -0.15) is 0 Å². The largest absolute Gasteiger partial charge is 0.310 e. The second-order valence-electron chi connectivity index (χ2n) is 19.5. The lowest BCUT2D eigenvalue weighted by Crippen LogP contribution is -2.19. The van der Waals surface area contributed by atoms with Crippen molar-refractivity contribution in [3.05, 3.63) is 242 Å². The fraction of sp³-hybridized carbons (Fsp3) is 0.125. The van der Waals surface area contributed by atoms with Gasteiger partial charge in [-0.25, -0.2) is 9.97 Å². The summed E-state index contributed by atoms with van der Waals surface area (Å²) in [5, 5.41) is 0. The molecular weight excluding hydrogens is 825 g/mol. The number of hydrogen-bond acceptors (Lipinski definition) is 4. The van der Waals surface area contributed by atoms with E-state index >= 15 is 0 Å². The number of aromatic nitrogens is 2. The Morgan fingerprint density at radius 2 is 0.529 bits per heavy atom. The van der Waals surface area contributed by atoms with E-state index in [1.165, 1.54) is 22.5 Å². The lowest BCUT2D eigenvalue weighted by Gasteiger charge is -2.32. The van der Waals surface area contributed by atoms with Crippen molar-refractivity contribution in [2.45, 2.75) is 52.4 Å². The highest BCUT2D eigenvalue weighted by Crippen LogP contribution is 2.43. The maximum absolute atomic E-state index is 5.24. The Kier molecular flexibility index (Phi) is 11.8. The average molecular weight is 881 g/mol. The second kappa shape index (κ2) is 18.3. The molecule has 0 spiro atoms. The third kappa shape index (κ3) is 8.94. The Morgan fingerprint density at radius 3 is 0.868 bits per heavy atom. The Hall–Kier alpha value is -8.08. The zero-order valence-electron chi connectivity index (χ0n) is 39.7. The second-order valence-corrected chi connectivity index (χ2v) is 19.5. The molecule has 1 aromatic heterocycles. The fourth-order valence-electron chi connectivity index (χ4n) is 9.26. The average Bonchev–Trinajstić information content (AvgIpc) is 3.37. The SMILES string of the molecule is CC(C)(C)c1ccccc1N(c1ccccc1)c1ccc(-c2ccc(-c3nc4ccccc4nc3-c3ccc(-c4ccc(N(c5ccccc5)c5ccccc5C(C)(C)C)cc4)cc3)cc2)cc1. The summed E-state index contributed by atoms with van der Waals surface area (Å²) in [6, 6.07) is 82.2. The Labute approximate surface area is 401 Å². The maximum Gasteiger partial charge on any atom is 0.0973 e. The summed E-state index contributed by atoms with van der Waals surface area (Å²) in [7, 11) is 0. The zero-order chi connectivity index (χ0) is 46.8. The van der Waals surface area contributed by atoms with Crippen LogP contribution < -0.4 is 9.80 Å². The van der Waals surface area contributed by atoms with Crippen molar-refractivity contribution in [3.8, 4) is 44.8 Å². The van der Waals surface area contributed by atoms with Crippen LogP contribution >= 0.6 is 0 Å². The molecular formula is C64H56N4. The third-order valence-electron chi connectivity index (χ3n) is 12.7. The quantitative estimate of drug-likeness (QED) is 0.137. The molecule has 1 heterocycles. The molecule has 68 heavy (non-hydrogen) atoms. The molecule has 0 aliphatic rings. The van der Waals surface area contributed by atoms with Crippen molar-refractivity contribution in [2.24, 2.45) is 0 Å². The lowest BCUT2D eigenvalue weighted by molar-refractivity contribution is 0.590. The molecule has 4 heteroatoms. The van der Waals surface area contributed by atoms with Gasteiger partial charge < -0.3 is 9.80 Å². The van der Waals surface area contributed by atoms with E-state index in [1.807, 2.05) is 24.3 Å². The summed E-state index contributed by atoms with van der Waals surface area (Å²) < 4.78 is 0. The lowest BCUT2D eigenvalue weighted by atomic mass is 9.85. The van der Waals surface area contributed by atoms with Gasteiger partial charge in [0.2, 0.25) is 0 Å². The standard InChI is InChI=1S/C64H56N4/c1-63(2,3)55-23-13-17-27-59(55)67(51-19-9-7-10-20-51)53-41-37-47(38-42-53)45-29-33-49(34-30-45)61-62(66-58-26-16-15-25-57(58)65-61)50-35-31-46(32-36-50)48-39-43-54(44-40-48)68(52-21-11-8-12-22-52)60-28-18-14-24-56(60)64(4,5)6/h7-44H,1-6H3. The summed E-state index contributed by atoms with van der Waals surface area (Å²) in [5.74, 6) is 0. The fourth-order valence-corrected chi connectivity index (χ4v) is 9.26. The minimum Gasteiger partial charge on any atom is -0.310 e. The van der Waals surface area contributed by atoms with Crippen LogP contribution in [0.5, 0.6) is 0 Å². The highest BCUT2D eigenvalue weighted by molar-refractivity contribution is 5.88. The number of para-hydroxylation sites is 6. The number of nitrogens with zero attached hydrogens (tertiary/aromatic N) is 4. The van der Waals surface area contributed by atoms with E-state index in [-0.39, 0.29) is 10.8 Å². The number of fused-ring (bicyclic) bond motifs is 1. The van der Waals surface area contributed by atoms with Crippen LogP contribution in [0.1, 0.15) is 52.7 Å². The van der Waals surface area contributed by atoms with Crippen LogP contribution in [0.15, 0.2) is 231 Å². The smallest absolute Gasteiger partial charge is 0.0973 e. The van der Waals surface area contributed by atoms with Crippen molar-refractivity contribution in [1.82, 2.24) is 9.97 Å². The molecule has 10 aromatic rings. The highest BCUT2D eigenvalue weighted by Gasteiger charge is 2.25. The number of hydrogen-bond donors (Lipinski definition) is 0. The minimum atomic E-state index is -0.0238. The first-order valence-electron chi connectivity index (χ1n) is 23.6. The van der Waals surface area contributed by atoms with E-state index < -0.39 is 0 Å². The van der Waals surface area contributed by atoms with Gasteiger partial charge in [0.15, 0.2) is 0 Å². The summed E-state index contributed by atoms with van der Waals surface area (Å²) in [6.45, 7) is 13.7. The molecule has 0 amide bonds. The molecule has 0 unspecified atom stereocenters. The molecule has 0 fully saturated rings. The molecule has 332 valence electrons. The molecule has 10 rings (SSSR count). The van der Waals surface area contributed by atoms with Crippen LogP contribution in [-0.4, -0.2) is 9.97 Å². The summed E-state index contributed by atoms with van der Waals surface area (Å²) in [4.78, 5) is 15.2. The third-order valence-corrected chi connectivity index (χ3v) is 12.7. The summed E-state index contributed by atoms with van der Waals surface area (Å²) in [5.41, 5.74) is 19.4. The van der Waals surface area contributed by atoms with Crippen molar-refractivity contribution in [3.63, 3.8) is 0 Å². The zero-order valence-corrected chi connectivity index (χ0v) is 39.7. The molecule has 0 saturated heterocycles. The van der Waals surface area contributed by atoms with Gasteiger partial charge in [-0.3, -0.25) is 0 Å². The van der Waals surface area contributed by atoms with Crippen LogP contribution in [0, 0.1) is 0 Å².